The average Bonchev–Trinajstić information content (AvgIpc) is 1.76. The first-order chi connectivity index (χ1) is 46.3. The van der Waals surface area contributed by atoms with E-state index >= 15 is 0 Å². The van der Waals surface area contributed by atoms with Crippen molar-refractivity contribution in [3.05, 3.63) is 0 Å². The summed E-state index contributed by atoms with van der Waals surface area (Å²) in [6, 6.07) is 0. The van der Waals surface area contributed by atoms with Crippen LogP contribution in [0.25, 0.3) is 0 Å². The van der Waals surface area contributed by atoms with E-state index in [0.29, 0.717) is 25.7 Å². The Morgan fingerprint density at radius 3 is 0.792 bits per heavy atom. The van der Waals surface area contributed by atoms with E-state index in [9.17, 15) is 43.2 Å². The van der Waals surface area contributed by atoms with Crippen molar-refractivity contribution in [3.63, 3.8) is 0 Å². The first-order valence-corrected chi connectivity index (χ1v) is 42.9. The first-order valence-electron chi connectivity index (χ1n) is 39.9. The van der Waals surface area contributed by atoms with Crippen LogP contribution in [0.15, 0.2) is 0 Å². The molecule has 0 spiro atoms. The lowest BCUT2D eigenvalue weighted by atomic mass is 10.00. The van der Waals surface area contributed by atoms with E-state index in [2.05, 4.69) is 48.5 Å². The third-order valence-electron chi connectivity index (χ3n) is 18.2. The zero-order valence-electron chi connectivity index (χ0n) is 62.8. The van der Waals surface area contributed by atoms with E-state index in [0.717, 1.165) is 114 Å². The Bertz CT molecular complexity index is 1870. The van der Waals surface area contributed by atoms with Crippen LogP contribution in [0, 0.1) is 17.8 Å². The number of hydrogen-bond acceptors (Lipinski definition) is 15. The Labute approximate surface area is 588 Å². The van der Waals surface area contributed by atoms with E-state index < -0.39 is 97.5 Å². The molecule has 6 atom stereocenters. The maximum absolute atomic E-state index is 13.1. The van der Waals surface area contributed by atoms with Crippen LogP contribution in [-0.2, 0) is 65.4 Å². The SMILES string of the molecule is CCCCCCCCCCCCCCCCC(=O)O[C@H](COC(=O)CCCCCCCCC(C)CC)COP(=O)(O)OC[C@H](O)COP(=O)(O)OC[C@@H](COC(=O)CCCCCCCCCCCCCCCC(C)C)OC(=O)CCCCCCCCCCCCCCCC(C)C. The van der Waals surface area contributed by atoms with Crippen molar-refractivity contribution >= 4 is 39.5 Å². The van der Waals surface area contributed by atoms with Crippen molar-refractivity contribution < 1.29 is 80.2 Å². The molecule has 3 N–H and O–H groups in total. The highest BCUT2D eigenvalue weighted by Crippen LogP contribution is 2.45. The van der Waals surface area contributed by atoms with Gasteiger partial charge in [-0.25, -0.2) is 9.13 Å². The highest BCUT2D eigenvalue weighted by atomic mass is 31.2. The highest BCUT2D eigenvalue weighted by Gasteiger charge is 2.30. The van der Waals surface area contributed by atoms with Gasteiger partial charge >= 0.3 is 39.5 Å². The van der Waals surface area contributed by atoms with Crippen LogP contribution in [0.2, 0.25) is 0 Å². The third-order valence-corrected chi connectivity index (χ3v) is 20.1. The lowest BCUT2D eigenvalue weighted by Gasteiger charge is -2.21. The Morgan fingerprint density at radius 1 is 0.302 bits per heavy atom. The van der Waals surface area contributed by atoms with E-state index in [1.165, 1.54) is 199 Å². The largest absolute Gasteiger partial charge is 0.472 e. The van der Waals surface area contributed by atoms with Crippen molar-refractivity contribution in [1.29, 1.82) is 0 Å². The first kappa shape index (κ1) is 94.1. The minimum Gasteiger partial charge on any atom is -0.462 e. The topological polar surface area (TPSA) is 237 Å². The number of unbranched alkanes of at least 4 members (excludes halogenated alkanes) is 42. The second kappa shape index (κ2) is 67.5. The Balaban J connectivity index is 5.26. The normalized spacial score (nSPS) is 14.3. The second-order valence-electron chi connectivity index (χ2n) is 28.9. The predicted molar refractivity (Wildman–Crippen MR) is 391 cm³/mol. The molecule has 0 rings (SSSR count). The van der Waals surface area contributed by atoms with Gasteiger partial charge in [0.25, 0.3) is 0 Å². The van der Waals surface area contributed by atoms with Gasteiger partial charge in [0.15, 0.2) is 12.2 Å². The van der Waals surface area contributed by atoms with Crippen molar-refractivity contribution in [2.24, 2.45) is 17.8 Å². The second-order valence-corrected chi connectivity index (χ2v) is 31.8. The molecule has 0 saturated carbocycles. The Kier molecular flexibility index (Phi) is 66.2. The number of phosphoric acid groups is 2. The monoisotopic (exact) mass is 1410 g/mol. The molecule has 0 amide bonds. The maximum Gasteiger partial charge on any atom is 0.472 e. The smallest absolute Gasteiger partial charge is 0.462 e. The van der Waals surface area contributed by atoms with Gasteiger partial charge in [0.05, 0.1) is 26.4 Å². The molecule has 0 aromatic rings. The maximum atomic E-state index is 13.1. The molecule has 96 heavy (non-hydrogen) atoms. The quantitative estimate of drug-likeness (QED) is 0.0222. The standard InChI is InChI=1S/C77H150O17P2/c1-8-10-11-12-13-14-15-16-21-27-32-37-46-53-60-77(82)94-73(65-88-75(80)59-52-45-40-39-43-50-57-70(7)9-2)67-92-96(85,86)90-63-71(78)62-89-95(83,84)91-66-72(93-76(81)61-54-47-38-33-28-23-18-20-25-30-35-42-49-56-69(5)6)64-87-74(79)58-51-44-36-31-26-22-17-19-24-29-34-41-48-55-68(3)4/h68-73,78H,8-67H2,1-7H3,(H,83,84)(H,85,86)/t70?,71-,72-,73-/m1/s1. The fourth-order valence-electron chi connectivity index (χ4n) is 11.7. The Hall–Kier alpha value is -1.94. The number of ether oxygens (including phenoxy) is 4. The van der Waals surface area contributed by atoms with Crippen LogP contribution >= 0.6 is 15.6 Å². The summed E-state index contributed by atoms with van der Waals surface area (Å²) in [7, 11) is -9.91. The number of phosphoric ester groups is 2. The third kappa shape index (κ3) is 69.2. The van der Waals surface area contributed by atoms with Gasteiger partial charge in [0.2, 0.25) is 0 Å². The van der Waals surface area contributed by atoms with Crippen LogP contribution in [0.3, 0.4) is 0 Å². The summed E-state index contributed by atoms with van der Waals surface area (Å²) in [6.45, 7) is 11.9. The lowest BCUT2D eigenvalue weighted by Crippen LogP contribution is -2.30. The molecule has 0 fully saturated rings. The van der Waals surface area contributed by atoms with Gasteiger partial charge in [0, 0.05) is 25.7 Å². The summed E-state index contributed by atoms with van der Waals surface area (Å²) in [5.74, 6) is 0.193. The summed E-state index contributed by atoms with van der Waals surface area (Å²) in [6.07, 6.45) is 54.0. The van der Waals surface area contributed by atoms with E-state index in [4.69, 9.17) is 37.0 Å². The van der Waals surface area contributed by atoms with Crippen molar-refractivity contribution in [3.8, 4) is 0 Å². The molecule has 3 unspecified atom stereocenters. The summed E-state index contributed by atoms with van der Waals surface area (Å²) in [5, 5.41) is 10.6. The summed E-state index contributed by atoms with van der Waals surface area (Å²) in [5.41, 5.74) is 0. The summed E-state index contributed by atoms with van der Waals surface area (Å²) >= 11 is 0. The lowest BCUT2D eigenvalue weighted by molar-refractivity contribution is -0.161. The summed E-state index contributed by atoms with van der Waals surface area (Å²) < 4.78 is 68.6. The van der Waals surface area contributed by atoms with Gasteiger partial charge in [0.1, 0.15) is 19.3 Å². The predicted octanol–water partition coefficient (Wildman–Crippen LogP) is 22.6. The molecule has 0 aliphatic carbocycles. The van der Waals surface area contributed by atoms with E-state index in [-0.39, 0.29) is 25.7 Å². The summed E-state index contributed by atoms with van der Waals surface area (Å²) in [4.78, 5) is 72.9. The van der Waals surface area contributed by atoms with Gasteiger partial charge in [-0.1, -0.05) is 344 Å². The molecule has 0 aliphatic heterocycles. The molecular formula is C77H150O17P2. The molecule has 19 heteroatoms. The number of carbonyl (C=O) groups excluding carboxylic acids is 4. The molecule has 570 valence electrons. The van der Waals surface area contributed by atoms with Crippen LogP contribution in [0.5, 0.6) is 0 Å². The fourth-order valence-corrected chi connectivity index (χ4v) is 13.3. The number of aliphatic hydroxyl groups is 1. The van der Waals surface area contributed by atoms with E-state index in [1.807, 2.05) is 0 Å². The molecule has 0 aliphatic rings. The molecule has 0 saturated heterocycles. The number of rotatable bonds is 75. The minimum absolute atomic E-state index is 0.107. The molecular weight excluding hydrogens is 1260 g/mol. The van der Waals surface area contributed by atoms with Crippen molar-refractivity contribution in [1.82, 2.24) is 0 Å². The zero-order valence-corrected chi connectivity index (χ0v) is 64.6. The van der Waals surface area contributed by atoms with Crippen LogP contribution in [0.1, 0.15) is 395 Å². The minimum atomic E-state index is -4.96. The number of esters is 4. The highest BCUT2D eigenvalue weighted by molar-refractivity contribution is 7.47. The molecule has 0 aromatic heterocycles. The van der Waals surface area contributed by atoms with Gasteiger partial charge in [-0.05, 0) is 43.4 Å². The molecule has 0 aromatic carbocycles. The number of carbonyl (C=O) groups is 4. The molecule has 17 nitrogen and oxygen atoms in total. The molecule has 0 heterocycles. The van der Waals surface area contributed by atoms with Crippen LogP contribution in [0.4, 0.5) is 0 Å². The number of hydrogen-bond donors (Lipinski definition) is 3. The van der Waals surface area contributed by atoms with Crippen molar-refractivity contribution in [2.45, 2.75) is 414 Å². The van der Waals surface area contributed by atoms with Gasteiger partial charge in [-0.2, -0.15) is 0 Å². The average molecular weight is 1410 g/mol. The van der Waals surface area contributed by atoms with Gasteiger partial charge in [-0.3, -0.25) is 37.3 Å². The Morgan fingerprint density at radius 2 is 0.531 bits per heavy atom. The van der Waals surface area contributed by atoms with Crippen LogP contribution in [-0.4, -0.2) is 96.7 Å². The van der Waals surface area contributed by atoms with Gasteiger partial charge < -0.3 is 33.8 Å². The zero-order chi connectivity index (χ0) is 70.9. The van der Waals surface area contributed by atoms with Crippen LogP contribution < -0.4 is 0 Å². The fraction of sp³-hybridized carbons (Fsp3) is 0.948. The molecule has 0 radical (unpaired) electrons. The molecule has 0 bridgehead atoms. The van der Waals surface area contributed by atoms with E-state index in [1.54, 1.807) is 0 Å². The number of aliphatic hydroxyl groups excluding tert-OH is 1. The van der Waals surface area contributed by atoms with Gasteiger partial charge in [-0.15, -0.1) is 0 Å². The van der Waals surface area contributed by atoms with Crippen molar-refractivity contribution in [2.75, 3.05) is 39.6 Å².